The van der Waals surface area contributed by atoms with E-state index in [9.17, 15) is 0 Å². The molecule has 0 spiro atoms. The van der Waals surface area contributed by atoms with Gasteiger partial charge in [-0.25, -0.2) is 0 Å². The summed E-state index contributed by atoms with van der Waals surface area (Å²) in [5, 5.41) is 0. The summed E-state index contributed by atoms with van der Waals surface area (Å²) >= 11 is 0. The Bertz CT molecular complexity index is 744. The van der Waals surface area contributed by atoms with Gasteiger partial charge in [0.25, 0.3) is 0 Å². The molecule has 6 atom stereocenters. The van der Waals surface area contributed by atoms with Crippen LogP contribution in [0.4, 0.5) is 0 Å². The molecule has 4 aliphatic carbocycles. The van der Waals surface area contributed by atoms with Crippen LogP contribution in [0, 0.1) is 39.5 Å². The van der Waals surface area contributed by atoms with Gasteiger partial charge in [-0.1, -0.05) is 24.3 Å². The molecule has 2 aromatic rings. The predicted molar refractivity (Wildman–Crippen MR) is 94.4 cm³/mol. The maximum atomic E-state index is 2.36. The van der Waals surface area contributed by atoms with E-state index in [1.54, 1.807) is 44.5 Å². The van der Waals surface area contributed by atoms with Crippen molar-refractivity contribution in [2.45, 2.75) is 57.8 Å². The summed E-state index contributed by atoms with van der Waals surface area (Å²) in [6.07, 6.45) is 1.48. The van der Waals surface area contributed by atoms with Gasteiger partial charge in [0.2, 0.25) is 0 Å². The van der Waals surface area contributed by atoms with Crippen LogP contribution >= 0.6 is 0 Å². The molecule has 0 radical (unpaired) electrons. The number of hydrogen-bond donors (Lipinski definition) is 0. The van der Waals surface area contributed by atoms with Crippen LogP contribution in [0.5, 0.6) is 0 Å². The molecule has 0 nitrogen and oxygen atoms in total. The molecule has 4 aliphatic rings. The van der Waals surface area contributed by atoms with Crippen molar-refractivity contribution in [1.29, 1.82) is 0 Å². The minimum atomic E-state index is 0.879. The number of benzene rings is 2. The number of rotatable bonds is 0. The van der Waals surface area contributed by atoms with Gasteiger partial charge in [0, 0.05) is 0 Å². The number of aryl methyl sites for hydroxylation is 4. The van der Waals surface area contributed by atoms with Crippen molar-refractivity contribution in [3.8, 4) is 0 Å². The monoisotopic (exact) mass is 300 g/mol. The van der Waals surface area contributed by atoms with Gasteiger partial charge in [-0.3, -0.25) is 0 Å². The maximum absolute atomic E-state index is 2.36. The first-order valence-corrected chi connectivity index (χ1v) is 9.29. The summed E-state index contributed by atoms with van der Waals surface area (Å²) in [4.78, 5) is 0. The molecule has 0 heteroatoms. The van der Waals surface area contributed by atoms with E-state index in [1.165, 1.54) is 6.42 Å². The highest BCUT2D eigenvalue weighted by Crippen LogP contribution is 2.79. The summed E-state index contributed by atoms with van der Waals surface area (Å²) < 4.78 is 0. The third kappa shape index (κ3) is 1.19. The Labute approximate surface area is 138 Å². The molecule has 0 saturated heterocycles. The topological polar surface area (TPSA) is 0 Å². The van der Waals surface area contributed by atoms with Crippen LogP contribution < -0.4 is 0 Å². The molecular formula is C23H24. The SMILES string of the molecule is Cc1ccc(C)c2c1[C@@H]1C3CC([C@H]4c5c(C)ccc(C)c5[C@@H]34)[C@H]21. The minimum absolute atomic E-state index is 0.879. The Morgan fingerprint density at radius 1 is 0.522 bits per heavy atom. The van der Waals surface area contributed by atoms with Crippen LogP contribution in [0.3, 0.4) is 0 Å². The summed E-state index contributed by atoms with van der Waals surface area (Å²) in [5.74, 6) is 5.37. The van der Waals surface area contributed by atoms with E-state index in [-0.39, 0.29) is 0 Å². The van der Waals surface area contributed by atoms with E-state index in [2.05, 4.69) is 52.0 Å². The van der Waals surface area contributed by atoms with Gasteiger partial charge in [0.1, 0.15) is 0 Å². The van der Waals surface area contributed by atoms with Crippen molar-refractivity contribution in [1.82, 2.24) is 0 Å². The zero-order chi connectivity index (χ0) is 15.6. The summed E-state index contributed by atoms with van der Waals surface area (Å²) in [5.41, 5.74) is 13.2. The van der Waals surface area contributed by atoms with Crippen LogP contribution in [-0.2, 0) is 0 Å². The van der Waals surface area contributed by atoms with Crippen molar-refractivity contribution in [2.24, 2.45) is 11.8 Å². The molecule has 2 bridgehead atoms. The number of hydrogen-bond acceptors (Lipinski definition) is 0. The van der Waals surface area contributed by atoms with Gasteiger partial charge in [0.15, 0.2) is 0 Å². The predicted octanol–water partition coefficient (Wildman–Crippen LogP) is 5.63. The molecule has 0 heterocycles. The van der Waals surface area contributed by atoms with Gasteiger partial charge >= 0.3 is 0 Å². The molecule has 23 heavy (non-hydrogen) atoms. The van der Waals surface area contributed by atoms with E-state index >= 15 is 0 Å². The molecule has 2 unspecified atom stereocenters. The van der Waals surface area contributed by atoms with Crippen LogP contribution in [0.1, 0.15) is 74.6 Å². The highest BCUT2D eigenvalue weighted by Gasteiger charge is 2.68. The standard InChI is InChI=1S/C23H24/c1-10-5-6-11(2)17-16(10)20-14-9-15(21(17)20)23-19-13(4)8-7-12(3)18(19)22(14)23/h5-8,14-15,20-23H,9H2,1-4H3/t14?,15?,20-,21+,22+,23-. The van der Waals surface area contributed by atoms with Crippen LogP contribution in [0.15, 0.2) is 24.3 Å². The van der Waals surface area contributed by atoms with Crippen LogP contribution in [0.2, 0.25) is 0 Å². The smallest absolute Gasteiger partial charge is 0.00499 e. The van der Waals surface area contributed by atoms with Crippen molar-refractivity contribution in [3.63, 3.8) is 0 Å². The van der Waals surface area contributed by atoms with Gasteiger partial charge in [-0.05, 0) is 114 Å². The first-order valence-electron chi connectivity index (χ1n) is 9.29. The Balaban J connectivity index is 1.54. The second-order valence-corrected chi connectivity index (χ2v) is 8.72. The minimum Gasteiger partial charge on any atom is -0.0588 e. The largest absolute Gasteiger partial charge is 0.0588 e. The molecule has 2 aromatic carbocycles. The van der Waals surface area contributed by atoms with Gasteiger partial charge in [-0.15, -0.1) is 0 Å². The highest BCUT2D eigenvalue weighted by atomic mass is 14.7. The van der Waals surface area contributed by atoms with Crippen molar-refractivity contribution in [2.75, 3.05) is 0 Å². The fourth-order valence-corrected chi connectivity index (χ4v) is 7.27. The van der Waals surface area contributed by atoms with Crippen LogP contribution in [0.25, 0.3) is 0 Å². The first-order chi connectivity index (χ1) is 11.1. The first kappa shape index (κ1) is 12.8. The summed E-state index contributed by atoms with van der Waals surface area (Å²) in [6.45, 7) is 9.34. The molecule has 116 valence electrons. The normalized spacial score (nSPS) is 37.4. The van der Waals surface area contributed by atoms with E-state index in [0.717, 1.165) is 35.5 Å². The second kappa shape index (κ2) is 3.74. The quantitative estimate of drug-likeness (QED) is 0.553. The van der Waals surface area contributed by atoms with Crippen LogP contribution in [-0.4, -0.2) is 0 Å². The zero-order valence-corrected chi connectivity index (χ0v) is 14.5. The lowest BCUT2D eigenvalue weighted by Gasteiger charge is -2.55. The van der Waals surface area contributed by atoms with E-state index in [4.69, 9.17) is 0 Å². The third-order valence-corrected chi connectivity index (χ3v) is 7.94. The van der Waals surface area contributed by atoms with Gasteiger partial charge in [-0.2, -0.15) is 0 Å². The van der Waals surface area contributed by atoms with Crippen molar-refractivity contribution < 1.29 is 0 Å². The van der Waals surface area contributed by atoms with Gasteiger partial charge in [0.05, 0.1) is 0 Å². The van der Waals surface area contributed by atoms with Crippen molar-refractivity contribution >= 4 is 0 Å². The van der Waals surface area contributed by atoms with E-state index < -0.39 is 0 Å². The Morgan fingerprint density at radius 2 is 0.783 bits per heavy atom. The lowest BCUT2D eigenvalue weighted by atomic mass is 9.48. The fourth-order valence-electron chi connectivity index (χ4n) is 7.27. The molecule has 6 rings (SSSR count). The summed E-state index contributed by atoms with van der Waals surface area (Å²) in [6, 6.07) is 9.44. The molecule has 0 N–H and O–H groups in total. The van der Waals surface area contributed by atoms with Crippen molar-refractivity contribution in [3.05, 3.63) is 68.8 Å². The lowest BCUT2D eigenvalue weighted by molar-refractivity contribution is 0.225. The highest BCUT2D eigenvalue weighted by molar-refractivity contribution is 5.64. The zero-order valence-electron chi connectivity index (χ0n) is 14.5. The average molecular weight is 300 g/mol. The molecule has 0 aromatic heterocycles. The third-order valence-electron chi connectivity index (χ3n) is 7.94. The molecular weight excluding hydrogens is 276 g/mol. The molecule has 2 saturated carbocycles. The maximum Gasteiger partial charge on any atom is -0.00499 e. The molecule has 0 aliphatic heterocycles. The number of fused-ring (bicyclic) bond motifs is 14. The second-order valence-electron chi connectivity index (χ2n) is 8.72. The molecule has 2 fully saturated rings. The Kier molecular flexibility index (Phi) is 2.08. The van der Waals surface area contributed by atoms with E-state index in [0.29, 0.717) is 0 Å². The average Bonchev–Trinajstić information content (AvgIpc) is 2.89. The van der Waals surface area contributed by atoms with E-state index in [1.807, 2.05) is 0 Å². The summed E-state index contributed by atoms with van der Waals surface area (Å²) in [7, 11) is 0. The fraction of sp³-hybridized carbons (Fsp3) is 0.478. The van der Waals surface area contributed by atoms with Gasteiger partial charge < -0.3 is 0 Å². The molecule has 0 amide bonds. The lowest BCUT2D eigenvalue weighted by Crippen LogP contribution is -2.43. The Morgan fingerprint density at radius 3 is 1.04 bits per heavy atom. The Hall–Kier alpha value is -1.56.